The second kappa shape index (κ2) is 9.21. The van der Waals surface area contributed by atoms with Crippen molar-refractivity contribution >= 4 is 32.6 Å². The molecule has 2 aromatic carbocycles. The first-order chi connectivity index (χ1) is 17.2. The number of pyridine rings is 1. The van der Waals surface area contributed by atoms with Gasteiger partial charge in [0, 0.05) is 24.2 Å². The monoisotopic (exact) mass is 516 g/mol. The van der Waals surface area contributed by atoms with Gasteiger partial charge in [-0.05, 0) is 62.1 Å². The fourth-order valence-corrected chi connectivity index (χ4v) is 6.03. The van der Waals surface area contributed by atoms with Crippen molar-refractivity contribution in [3.8, 4) is 5.75 Å². The van der Waals surface area contributed by atoms with E-state index in [-0.39, 0.29) is 34.1 Å². The van der Waals surface area contributed by atoms with E-state index in [1.54, 1.807) is 4.57 Å². The smallest absolute Gasteiger partial charge is 0.341 e. The first kappa shape index (κ1) is 24.3. The molecule has 0 radical (unpaired) electrons. The maximum Gasteiger partial charge on any atom is 0.341 e. The van der Waals surface area contributed by atoms with Crippen molar-refractivity contribution in [3.05, 3.63) is 64.2 Å². The fourth-order valence-electron chi connectivity index (χ4n) is 4.53. The number of fused-ring (bicyclic) bond motifs is 1. The average molecular weight is 517 g/mol. The zero-order chi connectivity index (χ0) is 25.6. The molecule has 1 atom stereocenters. The number of aromatic carboxylic acids is 1. The molecule has 1 aromatic heterocycles. The molecule has 0 bridgehead atoms. The Labute approximate surface area is 206 Å². The number of carbonyl (C=O) groups is 1. The van der Waals surface area contributed by atoms with E-state index < -0.39 is 38.9 Å². The third-order valence-corrected chi connectivity index (χ3v) is 8.37. The fraction of sp³-hybridized carbons (Fsp3) is 0.360. The van der Waals surface area contributed by atoms with Crippen LogP contribution in [-0.2, 0) is 14.8 Å². The molecular weight excluding hydrogens is 491 g/mol. The van der Waals surface area contributed by atoms with Crippen LogP contribution in [0.4, 0.5) is 10.1 Å². The van der Waals surface area contributed by atoms with E-state index >= 15 is 4.39 Å². The van der Waals surface area contributed by atoms with Gasteiger partial charge in [0.25, 0.3) is 10.0 Å². The van der Waals surface area contributed by atoms with Crippen LogP contribution in [0.2, 0.25) is 0 Å². The van der Waals surface area contributed by atoms with Crippen molar-refractivity contribution in [3.63, 3.8) is 0 Å². The van der Waals surface area contributed by atoms with Gasteiger partial charge >= 0.3 is 5.97 Å². The van der Waals surface area contributed by atoms with Crippen molar-refractivity contribution in [2.45, 2.75) is 42.7 Å². The minimum Gasteiger partial charge on any atom is -0.497 e. The van der Waals surface area contributed by atoms with Crippen LogP contribution in [0.15, 0.2) is 52.3 Å². The Bertz CT molecular complexity index is 1490. The van der Waals surface area contributed by atoms with E-state index in [2.05, 4.69) is 0 Å². The zero-order valence-electron chi connectivity index (χ0n) is 19.5. The summed E-state index contributed by atoms with van der Waals surface area (Å²) in [5.41, 5.74) is -1.22. The number of sulfonamides is 1. The molecule has 5 rings (SSSR count). The maximum absolute atomic E-state index is 15.6. The number of rotatable bonds is 8. The summed E-state index contributed by atoms with van der Waals surface area (Å²) in [6, 6.07) is 7.99. The van der Waals surface area contributed by atoms with Crippen molar-refractivity contribution < 1.29 is 32.2 Å². The van der Waals surface area contributed by atoms with Crippen LogP contribution < -0.4 is 14.5 Å². The maximum atomic E-state index is 15.6. The highest BCUT2D eigenvalue weighted by molar-refractivity contribution is 7.92. The first-order valence-corrected chi connectivity index (χ1v) is 13.0. The van der Waals surface area contributed by atoms with Crippen molar-refractivity contribution in [2.75, 3.05) is 24.6 Å². The number of aromatic nitrogens is 1. The Morgan fingerprint density at radius 3 is 2.53 bits per heavy atom. The third kappa shape index (κ3) is 4.33. The van der Waals surface area contributed by atoms with Crippen LogP contribution in [0.25, 0.3) is 10.9 Å². The summed E-state index contributed by atoms with van der Waals surface area (Å²) in [5, 5.41) is 9.37. The molecule has 2 aliphatic rings. The lowest BCUT2D eigenvalue weighted by Crippen LogP contribution is -2.38. The zero-order valence-corrected chi connectivity index (χ0v) is 20.3. The number of ether oxygens (including phenoxy) is 2. The lowest BCUT2D eigenvalue weighted by molar-refractivity contribution is 0.0694. The summed E-state index contributed by atoms with van der Waals surface area (Å²) >= 11 is 0. The first-order valence-electron chi connectivity index (χ1n) is 11.6. The number of hydrogen-bond donors (Lipinski definition) is 1. The minimum atomic E-state index is -4.23. The SMILES string of the molecule is COc1ccc(S(=O)(=O)N(CC2CCCO2)c2cc3c(cc2F)c(=O)c(C(=O)O)cn3C2CC2)cc1. The largest absolute Gasteiger partial charge is 0.497 e. The van der Waals surface area contributed by atoms with Gasteiger partial charge in [-0.15, -0.1) is 0 Å². The number of carboxylic acids is 1. The molecular formula is C25H25FN2O7S. The number of halogens is 1. The van der Waals surface area contributed by atoms with Crippen LogP contribution in [0.5, 0.6) is 5.75 Å². The lowest BCUT2D eigenvalue weighted by atomic mass is 10.1. The minimum absolute atomic E-state index is 0.0469. The van der Waals surface area contributed by atoms with Gasteiger partial charge in [-0.3, -0.25) is 9.10 Å². The lowest BCUT2D eigenvalue weighted by Gasteiger charge is -2.28. The van der Waals surface area contributed by atoms with Crippen LogP contribution in [0, 0.1) is 5.82 Å². The molecule has 2 heterocycles. The topological polar surface area (TPSA) is 115 Å². The summed E-state index contributed by atoms with van der Waals surface area (Å²) in [6.07, 6.45) is 3.77. The quantitative estimate of drug-likeness (QED) is 0.487. The van der Waals surface area contributed by atoms with Gasteiger partial charge in [-0.25, -0.2) is 17.6 Å². The summed E-state index contributed by atoms with van der Waals surface area (Å²) in [6.45, 7) is 0.373. The molecule has 190 valence electrons. The molecule has 3 aromatic rings. The van der Waals surface area contributed by atoms with E-state index in [0.29, 0.717) is 18.8 Å². The van der Waals surface area contributed by atoms with Gasteiger partial charge < -0.3 is 19.1 Å². The molecule has 36 heavy (non-hydrogen) atoms. The van der Waals surface area contributed by atoms with Gasteiger partial charge in [0.15, 0.2) is 0 Å². The van der Waals surface area contributed by atoms with E-state index in [0.717, 1.165) is 29.6 Å². The molecule has 0 spiro atoms. The van der Waals surface area contributed by atoms with Crippen LogP contribution in [0.1, 0.15) is 42.1 Å². The van der Waals surface area contributed by atoms with Gasteiger partial charge in [-0.2, -0.15) is 0 Å². The van der Waals surface area contributed by atoms with E-state index in [4.69, 9.17) is 9.47 Å². The Kier molecular flexibility index (Phi) is 6.21. The highest BCUT2D eigenvalue weighted by Crippen LogP contribution is 2.39. The van der Waals surface area contributed by atoms with Gasteiger partial charge in [0.05, 0.1) is 35.9 Å². The van der Waals surface area contributed by atoms with Crippen molar-refractivity contribution in [2.24, 2.45) is 0 Å². The van der Waals surface area contributed by atoms with Crippen molar-refractivity contribution in [1.29, 1.82) is 0 Å². The Balaban J connectivity index is 1.70. The standard InChI is InChI=1S/C25H25FN2O7S/c1-34-16-6-8-18(9-7-16)36(32,33)28(13-17-3-2-10-35-17)23-12-22-19(11-21(23)26)24(29)20(25(30)31)14-27(22)15-4-5-15/h6-9,11-12,14-15,17H,2-5,10,13H2,1H3,(H,30,31). The van der Waals surface area contributed by atoms with Crippen LogP contribution in [0.3, 0.4) is 0 Å². The third-order valence-electron chi connectivity index (χ3n) is 6.58. The number of benzene rings is 2. The van der Waals surface area contributed by atoms with Crippen LogP contribution in [-0.4, -0.2) is 50.4 Å². The molecule has 0 amide bonds. The molecule has 1 unspecified atom stereocenters. The predicted molar refractivity (Wildman–Crippen MR) is 130 cm³/mol. The van der Waals surface area contributed by atoms with Crippen LogP contribution >= 0.6 is 0 Å². The summed E-state index contributed by atoms with van der Waals surface area (Å²) < 4.78 is 56.5. The summed E-state index contributed by atoms with van der Waals surface area (Å²) in [7, 11) is -2.77. The Morgan fingerprint density at radius 2 is 1.94 bits per heavy atom. The molecule has 1 aliphatic heterocycles. The molecule has 1 N–H and O–H groups in total. The highest BCUT2D eigenvalue weighted by atomic mass is 32.2. The Hall–Kier alpha value is -3.44. The molecule has 1 saturated carbocycles. The predicted octanol–water partition coefficient (Wildman–Crippen LogP) is 3.56. The number of hydrogen-bond acceptors (Lipinski definition) is 6. The second-order valence-corrected chi connectivity index (χ2v) is 10.8. The number of methoxy groups -OCH3 is 1. The average Bonchev–Trinajstić information content (AvgIpc) is 3.57. The van der Waals surface area contributed by atoms with Gasteiger partial charge in [0.1, 0.15) is 17.1 Å². The molecule has 1 aliphatic carbocycles. The normalized spacial score (nSPS) is 17.9. The van der Waals surface area contributed by atoms with Gasteiger partial charge in [0.2, 0.25) is 5.43 Å². The molecule has 1 saturated heterocycles. The van der Waals surface area contributed by atoms with E-state index in [1.807, 2.05) is 0 Å². The summed E-state index contributed by atoms with van der Waals surface area (Å²) in [4.78, 5) is 24.4. The van der Waals surface area contributed by atoms with E-state index in [9.17, 15) is 23.1 Å². The second-order valence-electron chi connectivity index (χ2n) is 8.98. The highest BCUT2D eigenvalue weighted by Gasteiger charge is 2.33. The molecule has 11 heteroatoms. The molecule has 2 fully saturated rings. The van der Waals surface area contributed by atoms with Gasteiger partial charge in [-0.1, -0.05) is 0 Å². The number of nitrogens with zero attached hydrogens (tertiary/aromatic N) is 2. The van der Waals surface area contributed by atoms with Crippen molar-refractivity contribution in [1.82, 2.24) is 4.57 Å². The Morgan fingerprint density at radius 1 is 1.22 bits per heavy atom. The number of anilines is 1. The number of carboxylic acid groups (broad SMARTS) is 1. The summed E-state index contributed by atoms with van der Waals surface area (Å²) in [5.74, 6) is -1.87. The molecule has 9 nitrogen and oxygen atoms in total. The van der Waals surface area contributed by atoms with E-state index in [1.165, 1.54) is 43.6 Å².